The second kappa shape index (κ2) is 9.07. The van der Waals surface area contributed by atoms with E-state index in [2.05, 4.69) is 20.6 Å². The molecular formula is C15H21N5O7. The van der Waals surface area contributed by atoms with Crippen LogP contribution in [0.15, 0.2) is 9.98 Å². The lowest BCUT2D eigenvalue weighted by Crippen LogP contribution is -2.56. The lowest BCUT2D eigenvalue weighted by Gasteiger charge is -2.29. The fourth-order valence-electron chi connectivity index (χ4n) is 2.28. The zero-order chi connectivity index (χ0) is 20.0. The number of hydrogen-bond acceptors (Lipinski definition) is 10. The highest BCUT2D eigenvalue weighted by atomic mass is 16.6. The van der Waals surface area contributed by atoms with Crippen LogP contribution in [0.5, 0.6) is 0 Å². The van der Waals surface area contributed by atoms with Crippen LogP contribution in [0.1, 0.15) is 20.8 Å². The standard InChI is InChI=1S/C15H21N5O7/c1-8(21)17-15-18-13-12(14(24)19-15)16-6-20(13)7-27-11(4-25-9(2)22)5-26-10(3)23/h6,11-13H,4-5,7H2,1-3H3,(H2,17,18,19,21,24). The Morgan fingerprint density at radius 3 is 2.41 bits per heavy atom. The van der Waals surface area contributed by atoms with Gasteiger partial charge in [0.05, 0.1) is 6.34 Å². The normalized spacial score (nSPS) is 20.7. The summed E-state index contributed by atoms with van der Waals surface area (Å²) >= 11 is 0. The van der Waals surface area contributed by atoms with E-state index < -0.39 is 36.2 Å². The smallest absolute Gasteiger partial charge is 0.302 e. The van der Waals surface area contributed by atoms with E-state index >= 15 is 0 Å². The number of hydrogen-bond donors (Lipinski definition) is 2. The summed E-state index contributed by atoms with van der Waals surface area (Å²) in [5.41, 5.74) is 0. The Hall–Kier alpha value is -3.02. The molecule has 27 heavy (non-hydrogen) atoms. The molecule has 12 heteroatoms. The van der Waals surface area contributed by atoms with Gasteiger partial charge in [-0.25, -0.2) is 4.99 Å². The summed E-state index contributed by atoms with van der Waals surface area (Å²) in [4.78, 5) is 55.1. The quantitative estimate of drug-likeness (QED) is 0.485. The van der Waals surface area contributed by atoms with E-state index in [0.717, 1.165) is 0 Å². The molecule has 2 unspecified atom stereocenters. The van der Waals surface area contributed by atoms with Crippen LogP contribution in [0.2, 0.25) is 0 Å². The van der Waals surface area contributed by atoms with Gasteiger partial charge in [0, 0.05) is 20.8 Å². The van der Waals surface area contributed by atoms with Gasteiger partial charge in [0.1, 0.15) is 26.0 Å². The van der Waals surface area contributed by atoms with Crippen LogP contribution in [0.3, 0.4) is 0 Å². The molecule has 2 amide bonds. The predicted molar refractivity (Wildman–Crippen MR) is 90.3 cm³/mol. The van der Waals surface area contributed by atoms with Crippen molar-refractivity contribution in [2.24, 2.45) is 9.98 Å². The number of carbonyl (C=O) groups is 4. The fraction of sp³-hybridized carbons (Fsp3) is 0.600. The number of nitrogens with zero attached hydrogens (tertiary/aromatic N) is 3. The minimum atomic E-state index is -0.772. The van der Waals surface area contributed by atoms with Gasteiger partial charge in [0.2, 0.25) is 11.9 Å². The molecule has 2 aliphatic rings. The van der Waals surface area contributed by atoms with Gasteiger partial charge in [-0.2, -0.15) is 0 Å². The maximum atomic E-state index is 12.1. The number of nitrogens with one attached hydrogen (secondary N) is 2. The zero-order valence-corrected chi connectivity index (χ0v) is 15.1. The molecule has 148 valence electrons. The van der Waals surface area contributed by atoms with Crippen LogP contribution in [-0.4, -0.2) is 79.2 Å². The fourth-order valence-corrected chi connectivity index (χ4v) is 2.28. The lowest BCUT2D eigenvalue weighted by atomic mass is 10.2. The third kappa shape index (κ3) is 6.02. The molecule has 0 saturated heterocycles. The summed E-state index contributed by atoms with van der Waals surface area (Å²) in [7, 11) is 0. The topological polar surface area (TPSA) is 148 Å². The van der Waals surface area contributed by atoms with Gasteiger partial charge in [-0.05, 0) is 0 Å². The van der Waals surface area contributed by atoms with E-state index in [1.165, 1.54) is 27.1 Å². The van der Waals surface area contributed by atoms with Crippen LogP contribution in [-0.2, 0) is 33.4 Å². The highest BCUT2D eigenvalue weighted by molar-refractivity contribution is 6.07. The van der Waals surface area contributed by atoms with E-state index in [4.69, 9.17) is 14.2 Å². The molecule has 0 aliphatic carbocycles. The summed E-state index contributed by atoms with van der Waals surface area (Å²) in [5.74, 6) is -1.75. The first-order valence-corrected chi connectivity index (χ1v) is 8.10. The summed E-state index contributed by atoms with van der Waals surface area (Å²) in [5, 5.41) is 4.87. The largest absolute Gasteiger partial charge is 0.463 e. The van der Waals surface area contributed by atoms with Crippen molar-refractivity contribution in [1.29, 1.82) is 0 Å². The van der Waals surface area contributed by atoms with Crippen molar-refractivity contribution in [1.82, 2.24) is 15.5 Å². The highest BCUT2D eigenvalue weighted by Gasteiger charge is 2.40. The summed E-state index contributed by atoms with van der Waals surface area (Å²) in [6, 6.07) is -0.772. The molecule has 2 rings (SSSR count). The SMILES string of the molecule is CC(=O)NC1=NC2C(N=CN2COC(COC(C)=O)COC(C)=O)C(=O)N1. The van der Waals surface area contributed by atoms with Gasteiger partial charge in [0.25, 0.3) is 5.91 Å². The molecule has 0 aromatic rings. The van der Waals surface area contributed by atoms with Crippen molar-refractivity contribution in [2.45, 2.75) is 39.1 Å². The van der Waals surface area contributed by atoms with Crippen LogP contribution in [0.25, 0.3) is 0 Å². The molecule has 0 spiro atoms. The first kappa shape index (κ1) is 20.3. The number of esters is 2. The van der Waals surface area contributed by atoms with Crippen molar-refractivity contribution in [3.05, 3.63) is 0 Å². The second-order valence-electron chi connectivity index (χ2n) is 5.81. The number of amides is 2. The second-order valence-corrected chi connectivity index (χ2v) is 5.81. The van der Waals surface area contributed by atoms with E-state index in [-0.39, 0.29) is 31.8 Å². The molecule has 0 radical (unpaired) electrons. The van der Waals surface area contributed by atoms with Gasteiger partial charge >= 0.3 is 11.9 Å². The minimum Gasteiger partial charge on any atom is -0.463 e. The Bertz CT molecular complexity index is 659. The van der Waals surface area contributed by atoms with Crippen molar-refractivity contribution in [2.75, 3.05) is 19.9 Å². The molecule has 2 heterocycles. The molecule has 0 fully saturated rings. The Morgan fingerprint density at radius 1 is 1.22 bits per heavy atom. The van der Waals surface area contributed by atoms with Crippen molar-refractivity contribution in [3.8, 4) is 0 Å². The van der Waals surface area contributed by atoms with E-state index in [1.54, 1.807) is 4.90 Å². The van der Waals surface area contributed by atoms with Gasteiger partial charge < -0.3 is 19.1 Å². The summed E-state index contributed by atoms with van der Waals surface area (Å²) in [6.45, 7) is 3.52. The number of carbonyl (C=O) groups excluding carboxylic acids is 4. The number of fused-ring (bicyclic) bond motifs is 1. The van der Waals surface area contributed by atoms with Gasteiger partial charge in [-0.15, -0.1) is 0 Å². The average Bonchev–Trinajstić information content (AvgIpc) is 2.96. The summed E-state index contributed by atoms with van der Waals surface area (Å²) in [6.07, 6.45) is 0.00859. The monoisotopic (exact) mass is 383 g/mol. The first-order valence-electron chi connectivity index (χ1n) is 8.10. The van der Waals surface area contributed by atoms with Crippen molar-refractivity contribution >= 4 is 36.1 Å². The maximum absolute atomic E-state index is 12.1. The van der Waals surface area contributed by atoms with Crippen LogP contribution in [0, 0.1) is 0 Å². The van der Waals surface area contributed by atoms with Gasteiger partial charge in [0.15, 0.2) is 12.2 Å². The molecule has 0 aromatic heterocycles. The minimum absolute atomic E-state index is 0.0284. The number of ether oxygens (including phenoxy) is 3. The number of rotatable bonds is 7. The Kier molecular flexibility index (Phi) is 6.82. The number of guanidine groups is 1. The molecule has 12 nitrogen and oxygen atoms in total. The van der Waals surface area contributed by atoms with Gasteiger partial charge in [-0.1, -0.05) is 0 Å². The molecule has 0 aromatic carbocycles. The number of aliphatic imine (C=N–C) groups is 2. The highest BCUT2D eigenvalue weighted by Crippen LogP contribution is 2.18. The van der Waals surface area contributed by atoms with Crippen LogP contribution < -0.4 is 10.6 Å². The van der Waals surface area contributed by atoms with E-state index in [0.29, 0.717) is 0 Å². The predicted octanol–water partition coefficient (Wildman–Crippen LogP) is -1.88. The molecular weight excluding hydrogens is 362 g/mol. The van der Waals surface area contributed by atoms with E-state index in [1.807, 2.05) is 0 Å². The third-order valence-corrected chi connectivity index (χ3v) is 3.47. The summed E-state index contributed by atoms with van der Waals surface area (Å²) < 4.78 is 15.4. The molecule has 2 N–H and O–H groups in total. The Balaban J connectivity index is 1.98. The van der Waals surface area contributed by atoms with E-state index in [9.17, 15) is 19.2 Å². The van der Waals surface area contributed by atoms with Crippen LogP contribution in [0.4, 0.5) is 0 Å². The van der Waals surface area contributed by atoms with Crippen LogP contribution >= 0.6 is 0 Å². The molecule has 2 atom stereocenters. The third-order valence-electron chi connectivity index (χ3n) is 3.47. The Labute approximate surface area is 154 Å². The molecule has 0 saturated carbocycles. The Morgan fingerprint density at radius 2 is 1.85 bits per heavy atom. The van der Waals surface area contributed by atoms with Crippen molar-refractivity contribution < 1.29 is 33.4 Å². The van der Waals surface area contributed by atoms with Crippen molar-refractivity contribution in [3.63, 3.8) is 0 Å². The zero-order valence-electron chi connectivity index (χ0n) is 15.1. The average molecular weight is 383 g/mol. The molecule has 0 bridgehead atoms. The lowest BCUT2D eigenvalue weighted by molar-refractivity contribution is -0.155. The first-order chi connectivity index (χ1) is 12.8. The molecule has 2 aliphatic heterocycles. The van der Waals surface area contributed by atoms with Gasteiger partial charge in [-0.3, -0.25) is 34.8 Å². The maximum Gasteiger partial charge on any atom is 0.302 e.